The first-order valence-corrected chi connectivity index (χ1v) is 14.1. The number of rotatable bonds is 5. The molecule has 3 aliphatic rings. The molecule has 192 valence electrons. The molecule has 0 unspecified atom stereocenters. The molecule has 0 atom stereocenters. The van der Waals surface area contributed by atoms with E-state index in [4.69, 9.17) is 0 Å². The molecular formula is C25H37N6NaO3S. The zero-order valence-corrected chi connectivity index (χ0v) is 25.0. The van der Waals surface area contributed by atoms with Crippen LogP contribution >= 0.6 is 0 Å². The van der Waals surface area contributed by atoms with E-state index in [-0.39, 0.29) is 37.0 Å². The van der Waals surface area contributed by atoms with E-state index in [1.54, 1.807) is 4.68 Å². The summed E-state index contributed by atoms with van der Waals surface area (Å²) >= 11 is 0. The Morgan fingerprint density at radius 1 is 1.06 bits per heavy atom. The Hall–Kier alpha value is -1.59. The van der Waals surface area contributed by atoms with Crippen LogP contribution in [0.1, 0.15) is 60.8 Å². The van der Waals surface area contributed by atoms with Crippen molar-refractivity contribution < 1.29 is 44.2 Å². The van der Waals surface area contributed by atoms with E-state index in [0.29, 0.717) is 24.2 Å². The van der Waals surface area contributed by atoms with Crippen LogP contribution in [0.5, 0.6) is 0 Å². The Balaban J connectivity index is 0.00000190. The van der Waals surface area contributed by atoms with Crippen LogP contribution in [0.4, 0.5) is 16.2 Å². The third kappa shape index (κ3) is 5.07. The average Bonchev–Trinajstić information content (AvgIpc) is 3.51. The third-order valence-corrected chi connectivity index (χ3v) is 9.35. The summed E-state index contributed by atoms with van der Waals surface area (Å²) in [6, 6.07) is 1.35. The third-order valence-electron chi connectivity index (χ3n) is 7.90. The molecular weight excluding hydrogens is 487 g/mol. The molecule has 1 aromatic carbocycles. The van der Waals surface area contributed by atoms with Crippen molar-refractivity contribution in [2.75, 3.05) is 29.8 Å². The molecule has 0 bridgehead atoms. The Morgan fingerprint density at radius 2 is 1.64 bits per heavy atom. The van der Waals surface area contributed by atoms with E-state index in [1.165, 1.54) is 26.6 Å². The van der Waals surface area contributed by atoms with Gasteiger partial charge in [-0.25, -0.2) is 13.8 Å². The van der Waals surface area contributed by atoms with Crippen molar-refractivity contribution in [2.24, 2.45) is 7.05 Å². The number of aryl methyl sites for hydroxylation is 4. The van der Waals surface area contributed by atoms with Crippen molar-refractivity contribution in [3.8, 4) is 0 Å². The monoisotopic (exact) mass is 524 g/mol. The van der Waals surface area contributed by atoms with Gasteiger partial charge in [-0.05, 0) is 108 Å². The van der Waals surface area contributed by atoms with Gasteiger partial charge in [0.1, 0.15) is 0 Å². The fourth-order valence-corrected chi connectivity index (χ4v) is 7.57. The predicted molar refractivity (Wildman–Crippen MR) is 138 cm³/mol. The quantitative estimate of drug-likeness (QED) is 0.541. The fourth-order valence-electron chi connectivity index (χ4n) is 6.08. The van der Waals surface area contributed by atoms with Crippen LogP contribution in [0.2, 0.25) is 0 Å². The molecule has 2 heterocycles. The molecule has 36 heavy (non-hydrogen) atoms. The number of likely N-dealkylation sites (tertiary alicyclic amines) is 1. The van der Waals surface area contributed by atoms with Gasteiger partial charge in [0.2, 0.25) is 0 Å². The van der Waals surface area contributed by atoms with Crippen molar-refractivity contribution in [1.82, 2.24) is 19.4 Å². The van der Waals surface area contributed by atoms with Crippen molar-refractivity contribution >= 4 is 27.6 Å². The summed E-state index contributed by atoms with van der Waals surface area (Å²) in [6.07, 6.45) is 7.37. The standard InChI is InChI=1S/C25H36N6O3S.Na.H/c1-16-24(17(2)30(4)27-16)31(20-11-13-29(3)14-12-20)35(33,34)28-25(32)26-23-21-9-5-7-18(21)15-19-8-6-10-22(19)23;;/h15,20H,5-14H2,1-4H3,(H2,26,28,32);;/q;+1;-1. The molecule has 2 aliphatic carbocycles. The number of nitrogens with one attached hydrogen (secondary N) is 2. The van der Waals surface area contributed by atoms with Gasteiger partial charge >= 0.3 is 45.8 Å². The fraction of sp³-hybridized carbons (Fsp3) is 0.600. The number of aromatic nitrogens is 2. The molecule has 2 aromatic rings. The van der Waals surface area contributed by atoms with E-state index in [1.807, 2.05) is 27.9 Å². The maximum Gasteiger partial charge on any atom is 1.00 e. The summed E-state index contributed by atoms with van der Waals surface area (Å²) < 4.78 is 33.1. The van der Waals surface area contributed by atoms with Gasteiger partial charge in [-0.1, -0.05) is 6.07 Å². The summed E-state index contributed by atoms with van der Waals surface area (Å²) in [4.78, 5) is 15.4. The van der Waals surface area contributed by atoms with Gasteiger partial charge in [0, 0.05) is 18.8 Å². The molecule has 2 N–H and O–H groups in total. The molecule has 1 aliphatic heterocycles. The number of urea groups is 1. The second kappa shape index (κ2) is 10.6. The number of benzene rings is 1. The van der Waals surface area contributed by atoms with Crippen molar-refractivity contribution in [3.05, 3.63) is 39.7 Å². The van der Waals surface area contributed by atoms with E-state index in [0.717, 1.165) is 63.0 Å². The number of carbonyl (C=O) groups excluding carboxylic acids is 1. The number of fused-ring (bicyclic) bond motifs is 2. The summed E-state index contributed by atoms with van der Waals surface area (Å²) in [7, 11) is -0.325. The average molecular weight is 525 g/mol. The van der Waals surface area contributed by atoms with Gasteiger partial charge in [0.15, 0.2) is 0 Å². The van der Waals surface area contributed by atoms with Crippen molar-refractivity contribution in [2.45, 2.75) is 71.3 Å². The Labute approximate surface area is 237 Å². The zero-order chi connectivity index (χ0) is 24.9. The van der Waals surface area contributed by atoms with Crippen LogP contribution in [0.15, 0.2) is 6.07 Å². The summed E-state index contributed by atoms with van der Waals surface area (Å²) in [5, 5.41) is 7.42. The molecule has 1 aromatic heterocycles. The van der Waals surface area contributed by atoms with E-state index in [9.17, 15) is 13.2 Å². The molecule has 9 nitrogen and oxygen atoms in total. The summed E-state index contributed by atoms with van der Waals surface area (Å²) in [5.41, 5.74) is 7.70. The number of carbonyl (C=O) groups is 1. The number of hydrogen-bond donors (Lipinski definition) is 2. The summed E-state index contributed by atoms with van der Waals surface area (Å²) in [5.74, 6) is 0. The van der Waals surface area contributed by atoms with Crippen LogP contribution in [-0.4, -0.2) is 55.3 Å². The van der Waals surface area contributed by atoms with Gasteiger partial charge in [-0.3, -0.25) is 4.68 Å². The number of nitrogens with zero attached hydrogens (tertiary/aromatic N) is 4. The first kappa shape index (κ1) is 27.4. The smallest absolute Gasteiger partial charge is 1.00 e. The van der Waals surface area contributed by atoms with Crippen LogP contribution in [0.25, 0.3) is 0 Å². The van der Waals surface area contributed by atoms with Gasteiger partial charge in [0.25, 0.3) is 0 Å². The minimum atomic E-state index is -4.17. The maximum atomic E-state index is 13.8. The Morgan fingerprint density at radius 3 is 2.17 bits per heavy atom. The largest absolute Gasteiger partial charge is 1.00 e. The number of amides is 2. The minimum absolute atomic E-state index is 0. The first-order valence-electron chi connectivity index (χ1n) is 12.6. The van der Waals surface area contributed by atoms with E-state index >= 15 is 0 Å². The number of hydrogen-bond acceptors (Lipinski definition) is 5. The molecule has 0 radical (unpaired) electrons. The van der Waals surface area contributed by atoms with E-state index < -0.39 is 16.2 Å². The topological polar surface area (TPSA) is 99.6 Å². The Bertz CT molecular complexity index is 1240. The number of piperidine rings is 1. The van der Waals surface area contributed by atoms with Crippen LogP contribution in [0, 0.1) is 13.8 Å². The van der Waals surface area contributed by atoms with E-state index in [2.05, 4.69) is 26.1 Å². The SMILES string of the molecule is Cc1nn(C)c(C)c1N(C1CCN(C)CC1)S(=O)(=O)NC(=O)Nc1c2c(cc3c1CCC3)CCC2.[H-].[Na+]. The zero-order valence-electron chi connectivity index (χ0n) is 23.1. The molecule has 1 fully saturated rings. The van der Waals surface area contributed by atoms with Crippen LogP contribution < -0.4 is 43.9 Å². The van der Waals surface area contributed by atoms with Crippen molar-refractivity contribution in [1.29, 1.82) is 0 Å². The second-order valence-corrected chi connectivity index (χ2v) is 11.8. The Kier molecular flexibility index (Phi) is 8.12. The predicted octanol–water partition coefficient (Wildman–Crippen LogP) is 0.0979. The van der Waals surface area contributed by atoms with Gasteiger partial charge < -0.3 is 11.6 Å². The van der Waals surface area contributed by atoms with Gasteiger partial charge in [0.05, 0.1) is 17.1 Å². The maximum absolute atomic E-state index is 13.8. The molecule has 1 saturated heterocycles. The molecule has 0 spiro atoms. The van der Waals surface area contributed by atoms with Gasteiger partial charge in [-0.15, -0.1) is 0 Å². The second-order valence-electron chi connectivity index (χ2n) is 10.3. The molecule has 2 amide bonds. The summed E-state index contributed by atoms with van der Waals surface area (Å²) in [6.45, 7) is 5.27. The minimum Gasteiger partial charge on any atom is -1.00 e. The normalized spacial score (nSPS) is 17.9. The van der Waals surface area contributed by atoms with Crippen LogP contribution in [0.3, 0.4) is 0 Å². The van der Waals surface area contributed by atoms with Crippen LogP contribution in [-0.2, 0) is 42.9 Å². The molecule has 5 rings (SSSR count). The molecule has 11 heteroatoms. The van der Waals surface area contributed by atoms with Gasteiger partial charge in [-0.2, -0.15) is 13.5 Å². The molecule has 0 saturated carbocycles. The van der Waals surface area contributed by atoms with Crippen molar-refractivity contribution in [3.63, 3.8) is 0 Å². The number of anilines is 2. The first-order chi connectivity index (χ1) is 16.7.